The van der Waals surface area contributed by atoms with Crippen molar-refractivity contribution in [1.82, 2.24) is 5.32 Å². The van der Waals surface area contributed by atoms with Crippen LogP contribution >= 0.6 is 0 Å². The zero-order valence-corrected chi connectivity index (χ0v) is 10.7. The number of esters is 1. The zero-order valence-electron chi connectivity index (χ0n) is 10.7. The standard InChI is InChI=1S/C13H19NO3/c1-9(14-3)11-7-5-6-8-12(11)17-10(2)13(15)16-4/h5-10,14H,1-4H3. The Bertz CT molecular complexity index is 379. The van der Waals surface area contributed by atoms with Crippen molar-refractivity contribution in [1.29, 1.82) is 0 Å². The molecule has 2 unspecified atom stereocenters. The minimum absolute atomic E-state index is 0.163. The molecule has 0 aromatic heterocycles. The van der Waals surface area contributed by atoms with E-state index in [1.54, 1.807) is 6.92 Å². The largest absolute Gasteiger partial charge is 0.479 e. The average molecular weight is 237 g/mol. The first-order valence-electron chi connectivity index (χ1n) is 5.60. The number of hydrogen-bond acceptors (Lipinski definition) is 4. The Kier molecular flexibility index (Phi) is 4.97. The van der Waals surface area contributed by atoms with E-state index < -0.39 is 6.10 Å². The third kappa shape index (κ3) is 3.46. The van der Waals surface area contributed by atoms with Crippen molar-refractivity contribution in [2.75, 3.05) is 14.2 Å². The summed E-state index contributed by atoms with van der Waals surface area (Å²) in [6, 6.07) is 7.81. The predicted molar refractivity (Wildman–Crippen MR) is 66.0 cm³/mol. The van der Waals surface area contributed by atoms with Crippen LogP contribution in [-0.2, 0) is 9.53 Å². The number of benzene rings is 1. The molecule has 1 rings (SSSR count). The van der Waals surface area contributed by atoms with E-state index >= 15 is 0 Å². The fourth-order valence-corrected chi connectivity index (χ4v) is 1.51. The number of para-hydroxylation sites is 1. The average Bonchev–Trinajstić information content (AvgIpc) is 2.37. The van der Waals surface area contributed by atoms with Gasteiger partial charge in [-0.05, 0) is 27.0 Å². The molecule has 0 fully saturated rings. The predicted octanol–water partition coefficient (Wildman–Crippen LogP) is 1.91. The van der Waals surface area contributed by atoms with Gasteiger partial charge < -0.3 is 14.8 Å². The molecule has 0 aliphatic carbocycles. The third-order valence-electron chi connectivity index (χ3n) is 2.66. The Hall–Kier alpha value is -1.55. The minimum atomic E-state index is -0.606. The van der Waals surface area contributed by atoms with Gasteiger partial charge in [-0.15, -0.1) is 0 Å². The summed E-state index contributed by atoms with van der Waals surface area (Å²) in [5, 5.41) is 3.14. The van der Waals surface area contributed by atoms with Gasteiger partial charge in [0, 0.05) is 11.6 Å². The van der Waals surface area contributed by atoms with Crippen molar-refractivity contribution in [2.24, 2.45) is 0 Å². The van der Waals surface area contributed by atoms with E-state index in [0.29, 0.717) is 5.75 Å². The molecule has 4 nitrogen and oxygen atoms in total. The molecule has 0 heterocycles. The van der Waals surface area contributed by atoms with Crippen LogP contribution in [0.4, 0.5) is 0 Å². The second kappa shape index (κ2) is 6.25. The van der Waals surface area contributed by atoms with Crippen molar-refractivity contribution in [3.63, 3.8) is 0 Å². The molecule has 1 N–H and O–H groups in total. The molecule has 2 atom stereocenters. The summed E-state index contributed by atoms with van der Waals surface area (Å²) >= 11 is 0. The molecule has 0 radical (unpaired) electrons. The van der Waals surface area contributed by atoms with E-state index in [9.17, 15) is 4.79 Å². The molecule has 1 aromatic rings. The number of nitrogens with one attached hydrogen (secondary N) is 1. The van der Waals surface area contributed by atoms with Crippen LogP contribution in [0.1, 0.15) is 25.5 Å². The van der Waals surface area contributed by atoms with E-state index in [0.717, 1.165) is 5.56 Å². The molecular weight excluding hydrogens is 218 g/mol. The maximum atomic E-state index is 11.3. The minimum Gasteiger partial charge on any atom is -0.479 e. The topological polar surface area (TPSA) is 47.6 Å². The summed E-state index contributed by atoms with van der Waals surface area (Å²) in [6.07, 6.45) is -0.606. The highest BCUT2D eigenvalue weighted by atomic mass is 16.6. The van der Waals surface area contributed by atoms with Gasteiger partial charge >= 0.3 is 5.97 Å². The van der Waals surface area contributed by atoms with Gasteiger partial charge in [0.25, 0.3) is 0 Å². The van der Waals surface area contributed by atoms with E-state index in [1.807, 2.05) is 38.2 Å². The maximum absolute atomic E-state index is 11.3. The number of ether oxygens (including phenoxy) is 2. The van der Waals surface area contributed by atoms with Gasteiger partial charge in [-0.1, -0.05) is 18.2 Å². The Morgan fingerprint density at radius 2 is 1.94 bits per heavy atom. The van der Waals surface area contributed by atoms with Crippen LogP contribution in [0.25, 0.3) is 0 Å². The molecule has 94 valence electrons. The lowest BCUT2D eigenvalue weighted by atomic mass is 10.1. The second-order valence-corrected chi connectivity index (χ2v) is 3.83. The molecule has 4 heteroatoms. The highest BCUT2D eigenvalue weighted by Gasteiger charge is 2.17. The van der Waals surface area contributed by atoms with Gasteiger partial charge in [0.2, 0.25) is 0 Å². The first kappa shape index (κ1) is 13.5. The van der Waals surface area contributed by atoms with Crippen LogP contribution in [0.5, 0.6) is 5.75 Å². The summed E-state index contributed by atoms with van der Waals surface area (Å²) in [5.41, 5.74) is 1.02. The van der Waals surface area contributed by atoms with E-state index in [-0.39, 0.29) is 12.0 Å². The third-order valence-corrected chi connectivity index (χ3v) is 2.66. The fraction of sp³-hybridized carbons (Fsp3) is 0.462. The maximum Gasteiger partial charge on any atom is 0.346 e. The fourth-order valence-electron chi connectivity index (χ4n) is 1.51. The molecule has 1 aromatic carbocycles. The lowest BCUT2D eigenvalue weighted by molar-refractivity contribution is -0.147. The quantitative estimate of drug-likeness (QED) is 0.795. The van der Waals surface area contributed by atoms with Gasteiger partial charge in [0.05, 0.1) is 7.11 Å². The number of carbonyl (C=O) groups is 1. The molecule has 0 saturated carbocycles. The molecule has 17 heavy (non-hydrogen) atoms. The molecule has 0 saturated heterocycles. The lowest BCUT2D eigenvalue weighted by Crippen LogP contribution is -2.26. The second-order valence-electron chi connectivity index (χ2n) is 3.83. The Morgan fingerprint density at radius 1 is 1.29 bits per heavy atom. The van der Waals surface area contributed by atoms with Crippen LogP contribution < -0.4 is 10.1 Å². The van der Waals surface area contributed by atoms with Gasteiger partial charge in [0.1, 0.15) is 5.75 Å². The van der Waals surface area contributed by atoms with Crippen molar-refractivity contribution >= 4 is 5.97 Å². The van der Waals surface area contributed by atoms with Crippen molar-refractivity contribution < 1.29 is 14.3 Å². The summed E-state index contributed by atoms with van der Waals surface area (Å²) in [5.74, 6) is 0.323. The SMILES string of the molecule is CNC(C)c1ccccc1OC(C)C(=O)OC. The van der Waals surface area contributed by atoms with E-state index in [1.165, 1.54) is 7.11 Å². The van der Waals surface area contributed by atoms with Crippen LogP contribution in [0.2, 0.25) is 0 Å². The molecular formula is C13H19NO3. The Labute approximate surface area is 102 Å². The van der Waals surface area contributed by atoms with Crippen LogP contribution in [0.3, 0.4) is 0 Å². The number of rotatable bonds is 5. The van der Waals surface area contributed by atoms with Gasteiger partial charge in [0.15, 0.2) is 6.10 Å². The van der Waals surface area contributed by atoms with Gasteiger partial charge in [-0.3, -0.25) is 0 Å². The first-order chi connectivity index (χ1) is 8.10. The highest BCUT2D eigenvalue weighted by Crippen LogP contribution is 2.25. The van der Waals surface area contributed by atoms with Crippen molar-refractivity contribution in [3.05, 3.63) is 29.8 Å². The Morgan fingerprint density at radius 3 is 2.53 bits per heavy atom. The normalized spacial score (nSPS) is 13.9. The van der Waals surface area contributed by atoms with Crippen LogP contribution in [-0.4, -0.2) is 26.2 Å². The van der Waals surface area contributed by atoms with E-state index in [2.05, 4.69) is 10.1 Å². The molecule has 0 aliphatic rings. The molecule has 0 aliphatic heterocycles. The summed E-state index contributed by atoms with van der Waals surface area (Å²) in [7, 11) is 3.23. The van der Waals surface area contributed by atoms with Crippen molar-refractivity contribution in [3.8, 4) is 5.75 Å². The first-order valence-corrected chi connectivity index (χ1v) is 5.60. The van der Waals surface area contributed by atoms with E-state index in [4.69, 9.17) is 4.74 Å². The monoisotopic (exact) mass is 237 g/mol. The van der Waals surface area contributed by atoms with Gasteiger partial charge in [-0.2, -0.15) is 0 Å². The molecule has 0 amide bonds. The lowest BCUT2D eigenvalue weighted by Gasteiger charge is -2.18. The number of methoxy groups -OCH3 is 1. The molecule has 0 bridgehead atoms. The summed E-state index contributed by atoms with van der Waals surface area (Å²) in [6.45, 7) is 3.71. The van der Waals surface area contributed by atoms with Crippen LogP contribution in [0, 0.1) is 0 Å². The zero-order chi connectivity index (χ0) is 12.8. The number of hydrogen-bond donors (Lipinski definition) is 1. The smallest absolute Gasteiger partial charge is 0.346 e. The summed E-state index contributed by atoms with van der Waals surface area (Å²) < 4.78 is 10.2. The van der Waals surface area contributed by atoms with Crippen molar-refractivity contribution in [2.45, 2.75) is 26.0 Å². The molecule has 0 spiro atoms. The Balaban J connectivity index is 2.87. The van der Waals surface area contributed by atoms with Crippen LogP contribution in [0.15, 0.2) is 24.3 Å². The van der Waals surface area contributed by atoms with Gasteiger partial charge in [-0.25, -0.2) is 4.79 Å². The summed E-state index contributed by atoms with van der Waals surface area (Å²) in [4.78, 5) is 11.3. The number of carbonyl (C=O) groups excluding carboxylic acids is 1. The highest BCUT2D eigenvalue weighted by molar-refractivity contribution is 5.74.